The number of benzene rings is 6. The van der Waals surface area contributed by atoms with Crippen LogP contribution < -0.4 is 9.47 Å². The fourth-order valence-corrected chi connectivity index (χ4v) is 7.58. The third-order valence-corrected chi connectivity index (χ3v) is 9.74. The van der Waals surface area contributed by atoms with E-state index in [1.165, 1.54) is 16.7 Å². The van der Waals surface area contributed by atoms with Crippen molar-refractivity contribution in [1.29, 1.82) is 0 Å². The van der Waals surface area contributed by atoms with Gasteiger partial charge in [-0.05, 0) is 58.1 Å². The Hall–Kier alpha value is -6.92. The summed E-state index contributed by atoms with van der Waals surface area (Å²) in [6.45, 7) is 0. The normalized spacial score (nSPS) is 13.2. The zero-order valence-corrected chi connectivity index (χ0v) is 27.3. The first-order chi connectivity index (χ1) is 25.3. The van der Waals surface area contributed by atoms with Crippen LogP contribution in [-0.2, 0) is 5.41 Å². The molecule has 1 aliphatic carbocycles. The highest BCUT2D eigenvalue weighted by Crippen LogP contribution is 2.62. The summed E-state index contributed by atoms with van der Waals surface area (Å²) in [6, 6.07) is 55.7. The van der Waals surface area contributed by atoms with Gasteiger partial charge in [0.2, 0.25) is 0 Å². The van der Waals surface area contributed by atoms with Crippen molar-refractivity contribution in [2.24, 2.45) is 0 Å². The number of pyridine rings is 1. The molecule has 6 nitrogen and oxygen atoms in total. The van der Waals surface area contributed by atoms with E-state index in [1.54, 1.807) is 6.20 Å². The van der Waals surface area contributed by atoms with E-state index in [-0.39, 0.29) is 0 Å². The van der Waals surface area contributed by atoms with Crippen LogP contribution in [0.4, 0.5) is 0 Å². The van der Waals surface area contributed by atoms with Crippen LogP contribution in [0.25, 0.3) is 45.4 Å². The summed E-state index contributed by atoms with van der Waals surface area (Å²) in [6.07, 6.45) is 1.74. The van der Waals surface area contributed by atoms with Crippen LogP contribution in [0.3, 0.4) is 0 Å². The smallest absolute Gasteiger partial charge is 0.182 e. The van der Waals surface area contributed by atoms with Gasteiger partial charge in [0.05, 0.1) is 11.0 Å². The highest BCUT2D eigenvalue weighted by atomic mass is 16.6. The second-order valence-electron chi connectivity index (χ2n) is 12.6. The second-order valence-corrected chi connectivity index (χ2v) is 12.6. The van der Waals surface area contributed by atoms with E-state index in [1.807, 2.05) is 72.8 Å². The minimum Gasteiger partial charge on any atom is -0.449 e. The van der Waals surface area contributed by atoms with Crippen molar-refractivity contribution < 1.29 is 9.47 Å². The molecule has 8 aromatic rings. The van der Waals surface area contributed by atoms with E-state index in [4.69, 9.17) is 24.4 Å². The van der Waals surface area contributed by atoms with Gasteiger partial charge in [0.25, 0.3) is 0 Å². The fourth-order valence-electron chi connectivity index (χ4n) is 7.58. The van der Waals surface area contributed by atoms with Gasteiger partial charge in [0.1, 0.15) is 5.69 Å². The molecule has 6 heteroatoms. The zero-order chi connectivity index (χ0) is 33.8. The van der Waals surface area contributed by atoms with E-state index >= 15 is 0 Å². The summed E-state index contributed by atoms with van der Waals surface area (Å²) < 4.78 is 13.8. The van der Waals surface area contributed by atoms with Gasteiger partial charge in [-0.3, -0.25) is 4.98 Å². The SMILES string of the molecule is c1ccc(-c2nc(-c3ccccn3)nc(-c3cccc4c3Oc3c(ccc5c3-c3ccccc3C5(c3ccccc3)c3ccccc3)O4)n2)cc1. The molecule has 3 heterocycles. The molecule has 0 unspecified atom stereocenters. The van der Waals surface area contributed by atoms with E-state index in [0.717, 1.165) is 22.3 Å². The molecule has 0 saturated heterocycles. The van der Waals surface area contributed by atoms with E-state index in [2.05, 4.69) is 96.0 Å². The Balaban J connectivity index is 1.19. The largest absolute Gasteiger partial charge is 0.449 e. The van der Waals surface area contributed by atoms with Crippen LogP contribution in [0, 0.1) is 0 Å². The predicted molar refractivity (Wildman–Crippen MR) is 198 cm³/mol. The first-order valence-corrected chi connectivity index (χ1v) is 16.9. The van der Waals surface area contributed by atoms with Gasteiger partial charge in [0.15, 0.2) is 40.5 Å². The summed E-state index contributed by atoms with van der Waals surface area (Å²) in [5.41, 5.74) is 8.45. The molecular weight excluding hydrogens is 629 g/mol. The summed E-state index contributed by atoms with van der Waals surface area (Å²) in [7, 11) is 0. The average Bonchev–Trinajstić information content (AvgIpc) is 3.52. The highest BCUT2D eigenvalue weighted by molar-refractivity contribution is 5.92. The maximum atomic E-state index is 7.08. The van der Waals surface area contributed by atoms with E-state index in [9.17, 15) is 0 Å². The number of fused-ring (bicyclic) bond motifs is 6. The number of para-hydroxylation sites is 1. The van der Waals surface area contributed by atoms with E-state index < -0.39 is 5.41 Å². The monoisotopic (exact) mass is 656 g/mol. The lowest BCUT2D eigenvalue weighted by molar-refractivity contribution is 0.361. The Morgan fingerprint density at radius 1 is 0.412 bits per heavy atom. The number of ether oxygens (including phenoxy) is 2. The lowest BCUT2D eigenvalue weighted by Gasteiger charge is -2.34. The molecule has 240 valence electrons. The maximum absolute atomic E-state index is 7.08. The van der Waals surface area contributed by atoms with Gasteiger partial charge < -0.3 is 9.47 Å². The molecule has 0 saturated carbocycles. The lowest BCUT2D eigenvalue weighted by Crippen LogP contribution is -2.28. The highest BCUT2D eigenvalue weighted by Gasteiger charge is 2.48. The van der Waals surface area contributed by atoms with Crippen molar-refractivity contribution in [1.82, 2.24) is 19.9 Å². The topological polar surface area (TPSA) is 70.0 Å². The Morgan fingerprint density at radius 3 is 1.78 bits per heavy atom. The van der Waals surface area contributed by atoms with E-state index in [0.29, 0.717) is 51.7 Å². The van der Waals surface area contributed by atoms with Gasteiger partial charge >= 0.3 is 0 Å². The third-order valence-electron chi connectivity index (χ3n) is 9.74. The Labute approximate surface area is 294 Å². The molecule has 2 aliphatic rings. The van der Waals surface area contributed by atoms with Crippen LogP contribution >= 0.6 is 0 Å². The molecule has 6 aromatic carbocycles. The lowest BCUT2D eigenvalue weighted by atomic mass is 9.68. The average molecular weight is 657 g/mol. The molecule has 0 amide bonds. The molecule has 0 fully saturated rings. The standard InChI is InChI=1S/C45H28N4O2/c1-4-15-29(16-5-1)42-47-43(49-44(48-42)36-24-12-13-28-46-36)33-22-14-25-37-40(33)51-41-38(50-37)27-26-35-39(41)32-21-10-11-23-34(32)45(35,30-17-6-2-7-18-30)31-19-8-3-9-20-31/h1-28H. The van der Waals surface area contributed by atoms with Gasteiger partial charge in [-0.2, -0.15) is 0 Å². The molecule has 1 aliphatic heterocycles. The van der Waals surface area contributed by atoms with Crippen LogP contribution in [0.2, 0.25) is 0 Å². The van der Waals surface area contributed by atoms with Crippen molar-refractivity contribution in [3.8, 4) is 68.4 Å². The molecule has 2 aromatic heterocycles. The number of aromatic nitrogens is 4. The molecular formula is C45H28N4O2. The number of nitrogens with zero attached hydrogens (tertiary/aromatic N) is 4. The zero-order valence-electron chi connectivity index (χ0n) is 27.3. The van der Waals surface area contributed by atoms with Crippen molar-refractivity contribution in [2.75, 3.05) is 0 Å². The first-order valence-electron chi connectivity index (χ1n) is 16.9. The van der Waals surface area contributed by atoms with Crippen LogP contribution in [0.5, 0.6) is 23.0 Å². The second kappa shape index (κ2) is 11.6. The Kier molecular flexibility index (Phi) is 6.61. The van der Waals surface area contributed by atoms with Crippen molar-refractivity contribution in [2.45, 2.75) is 5.41 Å². The number of hydrogen-bond donors (Lipinski definition) is 0. The molecule has 10 rings (SSSR count). The maximum Gasteiger partial charge on any atom is 0.182 e. The van der Waals surface area contributed by atoms with Gasteiger partial charge in [0, 0.05) is 17.3 Å². The predicted octanol–water partition coefficient (Wildman–Crippen LogP) is 10.5. The van der Waals surface area contributed by atoms with Crippen LogP contribution in [-0.4, -0.2) is 19.9 Å². The van der Waals surface area contributed by atoms with Crippen molar-refractivity contribution in [3.05, 3.63) is 192 Å². The summed E-state index contributed by atoms with van der Waals surface area (Å²) >= 11 is 0. The minimum absolute atomic E-state index is 0.462. The molecule has 0 bridgehead atoms. The Morgan fingerprint density at radius 2 is 1.04 bits per heavy atom. The fraction of sp³-hybridized carbons (Fsp3) is 0.0222. The van der Waals surface area contributed by atoms with Crippen molar-refractivity contribution >= 4 is 0 Å². The van der Waals surface area contributed by atoms with Crippen LogP contribution in [0.15, 0.2) is 170 Å². The number of hydrogen-bond acceptors (Lipinski definition) is 6. The van der Waals surface area contributed by atoms with Crippen LogP contribution in [0.1, 0.15) is 22.3 Å². The number of rotatable bonds is 5. The molecule has 0 radical (unpaired) electrons. The van der Waals surface area contributed by atoms with Gasteiger partial charge in [-0.15, -0.1) is 0 Å². The first kappa shape index (κ1) is 29.0. The summed E-state index contributed by atoms with van der Waals surface area (Å²) in [5.74, 6) is 3.93. The minimum atomic E-state index is -0.566. The molecule has 51 heavy (non-hydrogen) atoms. The quantitative estimate of drug-likeness (QED) is 0.184. The molecule has 0 atom stereocenters. The molecule has 0 spiro atoms. The molecule has 0 N–H and O–H groups in total. The summed E-state index contributed by atoms with van der Waals surface area (Å²) in [4.78, 5) is 19.3. The van der Waals surface area contributed by atoms with Gasteiger partial charge in [-0.25, -0.2) is 15.0 Å². The van der Waals surface area contributed by atoms with Gasteiger partial charge in [-0.1, -0.05) is 133 Å². The third kappa shape index (κ3) is 4.50. The summed E-state index contributed by atoms with van der Waals surface area (Å²) in [5, 5.41) is 0. The Bertz CT molecular complexity index is 2480. The van der Waals surface area contributed by atoms with Crippen molar-refractivity contribution in [3.63, 3.8) is 0 Å².